The molecule has 0 fully saturated rings. The van der Waals surface area contributed by atoms with Gasteiger partial charge in [0.2, 0.25) is 0 Å². The molecule has 0 unspecified atom stereocenters. The number of nitrogens with zero attached hydrogens (tertiary/aromatic N) is 3. The lowest BCUT2D eigenvalue weighted by atomic mass is 10.0. The Labute approximate surface area is 124 Å². The lowest BCUT2D eigenvalue weighted by Crippen LogP contribution is -2.15. The van der Waals surface area contributed by atoms with Crippen LogP contribution in [0.3, 0.4) is 0 Å². The second-order valence-corrected chi connectivity index (χ2v) is 5.90. The van der Waals surface area contributed by atoms with Gasteiger partial charge in [-0.1, -0.05) is 5.16 Å². The van der Waals surface area contributed by atoms with E-state index in [-0.39, 0.29) is 5.91 Å². The summed E-state index contributed by atoms with van der Waals surface area (Å²) in [5, 5.41) is 9.92. The quantitative estimate of drug-likeness (QED) is 0.787. The fraction of sp³-hybridized carbons (Fsp3) is 0.286. The Balaban J connectivity index is 1.90. The van der Waals surface area contributed by atoms with Gasteiger partial charge < -0.3 is 4.52 Å². The number of rotatable bonds is 2. The average molecular weight is 300 g/mol. The van der Waals surface area contributed by atoms with Crippen LogP contribution < -0.4 is 5.32 Å². The molecule has 0 spiro atoms. The molecular weight excluding hydrogens is 288 g/mol. The maximum atomic E-state index is 12.7. The summed E-state index contributed by atoms with van der Waals surface area (Å²) < 4.78 is 5.25. The van der Waals surface area contributed by atoms with Gasteiger partial charge in [-0.3, -0.25) is 10.1 Å². The first-order valence-electron chi connectivity index (χ1n) is 6.72. The van der Waals surface area contributed by atoms with Crippen LogP contribution in [0, 0.1) is 6.92 Å². The first kappa shape index (κ1) is 12.5. The van der Waals surface area contributed by atoms with Crippen molar-refractivity contribution in [3.63, 3.8) is 0 Å². The van der Waals surface area contributed by atoms with Crippen LogP contribution in [0.15, 0.2) is 16.1 Å². The molecule has 21 heavy (non-hydrogen) atoms. The van der Waals surface area contributed by atoms with Crippen molar-refractivity contribution in [3.8, 4) is 0 Å². The number of aromatic nitrogens is 3. The van der Waals surface area contributed by atoms with Crippen molar-refractivity contribution >= 4 is 33.5 Å². The molecule has 0 radical (unpaired) electrons. The molecule has 1 amide bonds. The van der Waals surface area contributed by atoms with Crippen molar-refractivity contribution in [2.45, 2.75) is 26.2 Å². The summed E-state index contributed by atoms with van der Waals surface area (Å²) in [6.07, 6.45) is 4.42. The minimum atomic E-state index is -0.165. The predicted octanol–water partition coefficient (Wildman–Crippen LogP) is 2.73. The van der Waals surface area contributed by atoms with Crippen LogP contribution in [0.2, 0.25) is 0 Å². The van der Waals surface area contributed by atoms with Crippen molar-refractivity contribution in [3.05, 3.63) is 34.1 Å². The number of nitrogens with one attached hydrogen (secondary N) is 1. The number of fused-ring (bicyclic) bond motifs is 2. The highest BCUT2D eigenvalue weighted by atomic mass is 32.1. The lowest BCUT2D eigenvalue weighted by Gasteiger charge is -2.08. The van der Waals surface area contributed by atoms with Gasteiger partial charge in [-0.2, -0.15) is 0 Å². The van der Waals surface area contributed by atoms with Crippen LogP contribution in [-0.4, -0.2) is 21.0 Å². The topological polar surface area (TPSA) is 80.9 Å². The van der Waals surface area contributed by atoms with E-state index in [4.69, 9.17) is 4.52 Å². The molecule has 0 saturated carbocycles. The van der Waals surface area contributed by atoms with Crippen molar-refractivity contribution < 1.29 is 9.32 Å². The van der Waals surface area contributed by atoms with E-state index in [1.807, 2.05) is 12.3 Å². The molecule has 3 heterocycles. The number of aryl methyl sites for hydroxylation is 2. The zero-order valence-corrected chi connectivity index (χ0v) is 12.2. The van der Waals surface area contributed by atoms with Crippen LogP contribution in [0.4, 0.5) is 5.13 Å². The molecule has 106 valence electrons. The molecular formula is C14H12N4O2S. The molecule has 0 aromatic carbocycles. The third-order valence-electron chi connectivity index (χ3n) is 3.70. The smallest absolute Gasteiger partial charge is 0.259 e. The SMILES string of the molecule is Cc1noc2nc3c(c(C(=O)Nc4nccs4)c12)CCC3. The minimum absolute atomic E-state index is 0.165. The van der Waals surface area contributed by atoms with Crippen molar-refractivity contribution in [2.24, 2.45) is 0 Å². The summed E-state index contributed by atoms with van der Waals surface area (Å²) in [5.41, 5.74) is 3.74. The Morgan fingerprint density at radius 3 is 3.14 bits per heavy atom. The summed E-state index contributed by atoms with van der Waals surface area (Å²) in [6, 6.07) is 0. The Bertz CT molecular complexity index is 838. The average Bonchev–Trinajstić information content (AvgIpc) is 3.18. The van der Waals surface area contributed by atoms with Crippen molar-refractivity contribution in [1.29, 1.82) is 0 Å². The summed E-state index contributed by atoms with van der Waals surface area (Å²) >= 11 is 1.39. The van der Waals surface area contributed by atoms with Crippen molar-refractivity contribution in [2.75, 3.05) is 5.32 Å². The number of thiazole rings is 1. The van der Waals surface area contributed by atoms with E-state index in [1.165, 1.54) is 11.3 Å². The molecule has 1 N–H and O–H groups in total. The Hall–Kier alpha value is -2.28. The molecule has 3 aromatic heterocycles. The molecule has 0 aliphatic heterocycles. The van der Waals surface area contributed by atoms with E-state index in [1.54, 1.807) is 6.20 Å². The highest BCUT2D eigenvalue weighted by Gasteiger charge is 2.27. The summed E-state index contributed by atoms with van der Waals surface area (Å²) in [7, 11) is 0. The van der Waals surface area contributed by atoms with Gasteiger partial charge in [0.05, 0.1) is 16.6 Å². The zero-order valence-electron chi connectivity index (χ0n) is 11.3. The molecule has 0 saturated heterocycles. The molecule has 6 nitrogen and oxygen atoms in total. The van der Waals surface area contributed by atoms with E-state index in [0.29, 0.717) is 27.5 Å². The molecule has 1 aliphatic rings. The number of carbonyl (C=O) groups is 1. The Kier molecular flexibility index (Phi) is 2.75. The first-order valence-corrected chi connectivity index (χ1v) is 7.60. The van der Waals surface area contributed by atoms with Gasteiger partial charge in [-0.15, -0.1) is 11.3 Å². The summed E-state index contributed by atoms with van der Waals surface area (Å²) in [5.74, 6) is -0.165. The summed E-state index contributed by atoms with van der Waals surface area (Å²) in [6.45, 7) is 1.83. The van der Waals surface area contributed by atoms with E-state index in [0.717, 1.165) is 30.5 Å². The third kappa shape index (κ3) is 1.92. The van der Waals surface area contributed by atoms with Crippen LogP contribution in [0.1, 0.15) is 33.7 Å². The van der Waals surface area contributed by atoms with Crippen LogP contribution in [-0.2, 0) is 12.8 Å². The first-order chi connectivity index (χ1) is 10.2. The molecule has 3 aromatic rings. The third-order valence-corrected chi connectivity index (χ3v) is 4.39. The fourth-order valence-electron chi connectivity index (χ4n) is 2.81. The highest BCUT2D eigenvalue weighted by molar-refractivity contribution is 7.13. The fourth-order valence-corrected chi connectivity index (χ4v) is 3.34. The molecule has 7 heteroatoms. The number of pyridine rings is 1. The van der Waals surface area contributed by atoms with Gasteiger partial charge in [0.15, 0.2) is 5.13 Å². The van der Waals surface area contributed by atoms with E-state index >= 15 is 0 Å². The zero-order chi connectivity index (χ0) is 14.4. The van der Waals surface area contributed by atoms with E-state index in [9.17, 15) is 4.79 Å². The van der Waals surface area contributed by atoms with Gasteiger partial charge in [0.1, 0.15) is 0 Å². The number of anilines is 1. The molecule has 0 bridgehead atoms. The standard InChI is InChI=1S/C14H12N4O2S/c1-7-10-11(12(19)17-14-15-5-6-21-14)8-3-2-4-9(8)16-13(10)20-18-7/h5-6H,2-4H2,1H3,(H,15,17,19). The number of amides is 1. The second kappa shape index (κ2) is 4.63. The largest absolute Gasteiger partial charge is 0.336 e. The molecule has 4 rings (SSSR count). The number of hydrogen-bond donors (Lipinski definition) is 1. The van der Waals surface area contributed by atoms with Gasteiger partial charge in [0, 0.05) is 17.3 Å². The van der Waals surface area contributed by atoms with Crippen LogP contribution in [0.5, 0.6) is 0 Å². The van der Waals surface area contributed by atoms with Crippen LogP contribution in [0.25, 0.3) is 11.1 Å². The minimum Gasteiger partial charge on any atom is -0.336 e. The predicted molar refractivity (Wildman–Crippen MR) is 78.6 cm³/mol. The second-order valence-electron chi connectivity index (χ2n) is 5.01. The van der Waals surface area contributed by atoms with Gasteiger partial charge in [-0.25, -0.2) is 9.97 Å². The highest BCUT2D eigenvalue weighted by Crippen LogP contribution is 2.32. The molecule has 0 atom stereocenters. The molecule has 1 aliphatic carbocycles. The normalized spacial score (nSPS) is 13.6. The maximum absolute atomic E-state index is 12.7. The van der Waals surface area contributed by atoms with Gasteiger partial charge >= 0.3 is 0 Å². The maximum Gasteiger partial charge on any atom is 0.259 e. The number of hydrogen-bond acceptors (Lipinski definition) is 6. The Morgan fingerprint density at radius 2 is 2.33 bits per heavy atom. The van der Waals surface area contributed by atoms with Gasteiger partial charge in [-0.05, 0) is 31.7 Å². The summed E-state index contributed by atoms with van der Waals surface area (Å²) in [4.78, 5) is 21.3. The van der Waals surface area contributed by atoms with Crippen LogP contribution >= 0.6 is 11.3 Å². The van der Waals surface area contributed by atoms with E-state index in [2.05, 4.69) is 20.4 Å². The van der Waals surface area contributed by atoms with Crippen molar-refractivity contribution in [1.82, 2.24) is 15.1 Å². The van der Waals surface area contributed by atoms with E-state index < -0.39 is 0 Å². The Morgan fingerprint density at radius 1 is 1.43 bits per heavy atom. The lowest BCUT2D eigenvalue weighted by molar-refractivity contribution is 0.102. The number of carbonyl (C=O) groups excluding carboxylic acids is 1. The van der Waals surface area contributed by atoms with Gasteiger partial charge in [0.25, 0.3) is 11.6 Å². The monoisotopic (exact) mass is 300 g/mol.